The lowest BCUT2D eigenvalue weighted by molar-refractivity contribution is -0.113. The van der Waals surface area contributed by atoms with Crippen molar-refractivity contribution in [3.8, 4) is 0 Å². The fraction of sp³-hybridized carbons (Fsp3) is 0.368. The van der Waals surface area contributed by atoms with E-state index in [1.165, 1.54) is 37.9 Å². The van der Waals surface area contributed by atoms with Gasteiger partial charge in [-0.05, 0) is 38.3 Å². The fourth-order valence-corrected chi connectivity index (χ4v) is 3.52. The van der Waals surface area contributed by atoms with Gasteiger partial charge in [0, 0.05) is 30.4 Å². The van der Waals surface area contributed by atoms with Gasteiger partial charge in [0.25, 0.3) is 0 Å². The molecule has 1 amide bonds. The van der Waals surface area contributed by atoms with E-state index in [9.17, 15) is 9.59 Å². The van der Waals surface area contributed by atoms with E-state index in [1.807, 2.05) is 6.07 Å². The molecule has 3 rings (SSSR count). The molecule has 0 atom stereocenters. The molecular formula is C19H22N4O2S. The van der Waals surface area contributed by atoms with Crippen molar-refractivity contribution in [3.63, 3.8) is 0 Å². The van der Waals surface area contributed by atoms with Crippen LogP contribution in [0, 0.1) is 0 Å². The third-order valence-corrected chi connectivity index (χ3v) is 5.14. The number of anilines is 2. The first-order valence-corrected chi connectivity index (χ1v) is 9.71. The van der Waals surface area contributed by atoms with Gasteiger partial charge in [-0.15, -0.1) is 0 Å². The summed E-state index contributed by atoms with van der Waals surface area (Å²) < 4.78 is 0. The molecule has 1 saturated heterocycles. The van der Waals surface area contributed by atoms with Crippen molar-refractivity contribution in [2.24, 2.45) is 0 Å². The summed E-state index contributed by atoms with van der Waals surface area (Å²) in [5, 5.41) is 3.60. The number of amides is 1. The molecule has 2 heterocycles. The Morgan fingerprint density at radius 3 is 2.73 bits per heavy atom. The second kappa shape index (κ2) is 8.80. The number of carbonyl (C=O) groups is 2. The zero-order chi connectivity index (χ0) is 18.4. The van der Waals surface area contributed by atoms with Gasteiger partial charge in [-0.25, -0.2) is 9.97 Å². The average molecular weight is 370 g/mol. The first kappa shape index (κ1) is 18.4. The van der Waals surface area contributed by atoms with Crippen LogP contribution in [0.25, 0.3) is 0 Å². The van der Waals surface area contributed by atoms with Crippen LogP contribution < -0.4 is 10.2 Å². The predicted molar refractivity (Wildman–Crippen MR) is 104 cm³/mol. The molecule has 0 spiro atoms. The van der Waals surface area contributed by atoms with Gasteiger partial charge in [0.1, 0.15) is 17.2 Å². The van der Waals surface area contributed by atoms with Gasteiger partial charge >= 0.3 is 0 Å². The first-order valence-electron chi connectivity index (χ1n) is 8.72. The van der Waals surface area contributed by atoms with E-state index in [4.69, 9.17) is 0 Å². The summed E-state index contributed by atoms with van der Waals surface area (Å²) in [7, 11) is 0. The summed E-state index contributed by atoms with van der Waals surface area (Å²) in [6.07, 6.45) is 5.21. The van der Waals surface area contributed by atoms with Gasteiger partial charge in [0.05, 0.1) is 5.75 Å². The molecule has 2 aromatic rings. The number of carbonyl (C=O) groups excluding carboxylic acids is 2. The van der Waals surface area contributed by atoms with Gasteiger partial charge in [-0.3, -0.25) is 9.59 Å². The maximum absolute atomic E-state index is 12.2. The first-order chi connectivity index (χ1) is 12.6. The number of aromatic nitrogens is 2. The minimum absolute atomic E-state index is 0.0262. The number of hydrogen-bond acceptors (Lipinski definition) is 6. The molecule has 1 aliphatic rings. The number of hydrogen-bond donors (Lipinski definition) is 1. The van der Waals surface area contributed by atoms with E-state index < -0.39 is 0 Å². The molecule has 1 aromatic heterocycles. The van der Waals surface area contributed by atoms with Gasteiger partial charge in [-0.1, -0.05) is 23.9 Å². The van der Waals surface area contributed by atoms with Crippen LogP contribution in [0.15, 0.2) is 41.7 Å². The number of nitrogens with one attached hydrogen (secondary N) is 1. The average Bonchev–Trinajstić information content (AvgIpc) is 2.67. The summed E-state index contributed by atoms with van der Waals surface area (Å²) in [6, 6.07) is 8.89. The molecule has 136 valence electrons. The zero-order valence-electron chi connectivity index (χ0n) is 14.8. The number of benzene rings is 1. The zero-order valence-corrected chi connectivity index (χ0v) is 15.6. The normalized spacial score (nSPS) is 14.1. The van der Waals surface area contributed by atoms with Crippen molar-refractivity contribution in [1.82, 2.24) is 9.97 Å². The number of piperidine rings is 1. The molecule has 26 heavy (non-hydrogen) atoms. The second-order valence-corrected chi connectivity index (χ2v) is 7.23. The van der Waals surface area contributed by atoms with Crippen LogP contribution in [0.4, 0.5) is 11.5 Å². The largest absolute Gasteiger partial charge is 0.356 e. The molecule has 0 saturated carbocycles. The highest BCUT2D eigenvalue weighted by molar-refractivity contribution is 7.99. The summed E-state index contributed by atoms with van der Waals surface area (Å²) in [5.74, 6) is 1.02. The van der Waals surface area contributed by atoms with Gasteiger partial charge in [-0.2, -0.15) is 0 Å². The van der Waals surface area contributed by atoms with Crippen LogP contribution in [0.3, 0.4) is 0 Å². The van der Waals surface area contributed by atoms with Crippen molar-refractivity contribution < 1.29 is 9.59 Å². The van der Waals surface area contributed by atoms with Crippen molar-refractivity contribution in [1.29, 1.82) is 0 Å². The lowest BCUT2D eigenvalue weighted by atomic mass is 10.1. The van der Waals surface area contributed by atoms with Crippen LogP contribution in [-0.2, 0) is 4.79 Å². The Kier molecular flexibility index (Phi) is 6.22. The second-order valence-electron chi connectivity index (χ2n) is 6.24. The Balaban J connectivity index is 1.56. The Morgan fingerprint density at radius 1 is 1.15 bits per heavy atom. The molecule has 1 aliphatic heterocycles. The third kappa shape index (κ3) is 5.05. The van der Waals surface area contributed by atoms with Gasteiger partial charge in [0.2, 0.25) is 5.91 Å². The number of rotatable bonds is 6. The molecule has 0 radical (unpaired) electrons. The topological polar surface area (TPSA) is 75.2 Å². The molecule has 0 unspecified atom stereocenters. The van der Waals surface area contributed by atoms with Crippen LogP contribution in [0.5, 0.6) is 0 Å². The summed E-state index contributed by atoms with van der Waals surface area (Å²) in [4.78, 5) is 34.5. The quantitative estimate of drug-likeness (QED) is 0.477. The van der Waals surface area contributed by atoms with E-state index in [0.29, 0.717) is 11.3 Å². The van der Waals surface area contributed by atoms with Gasteiger partial charge in [0.15, 0.2) is 5.78 Å². The van der Waals surface area contributed by atoms with Crippen molar-refractivity contribution >= 4 is 35.0 Å². The summed E-state index contributed by atoms with van der Waals surface area (Å²) >= 11 is 1.38. The number of Topliss-reactive ketones (excluding diaryl/α,β-unsaturated/α-hetero) is 1. The van der Waals surface area contributed by atoms with Crippen LogP contribution in [0.1, 0.15) is 36.5 Å². The highest BCUT2D eigenvalue weighted by atomic mass is 32.2. The Hall–Kier alpha value is -2.41. The lowest BCUT2D eigenvalue weighted by Gasteiger charge is -2.27. The minimum Gasteiger partial charge on any atom is -0.356 e. The minimum atomic E-state index is -0.131. The summed E-state index contributed by atoms with van der Waals surface area (Å²) in [6.45, 7) is 3.55. The fourth-order valence-electron chi connectivity index (χ4n) is 2.86. The maximum Gasteiger partial charge on any atom is 0.234 e. The van der Waals surface area contributed by atoms with Crippen molar-refractivity contribution in [2.45, 2.75) is 31.2 Å². The SMILES string of the molecule is CC(=O)c1cccc(NC(=O)CSc2cc(N3CCCCC3)ncn2)c1. The van der Waals surface area contributed by atoms with Crippen LogP contribution in [-0.4, -0.2) is 40.5 Å². The molecule has 1 N–H and O–H groups in total. The van der Waals surface area contributed by atoms with Crippen molar-refractivity contribution in [3.05, 3.63) is 42.2 Å². The van der Waals surface area contributed by atoms with Crippen molar-refractivity contribution in [2.75, 3.05) is 29.1 Å². The predicted octanol–water partition coefficient (Wildman–Crippen LogP) is 3.40. The Bertz CT molecular complexity index is 791. The van der Waals surface area contributed by atoms with E-state index in [2.05, 4.69) is 20.2 Å². The highest BCUT2D eigenvalue weighted by Gasteiger charge is 2.13. The van der Waals surface area contributed by atoms with E-state index >= 15 is 0 Å². The smallest absolute Gasteiger partial charge is 0.234 e. The molecule has 6 nitrogen and oxygen atoms in total. The number of ketones is 1. The van der Waals surface area contributed by atoms with Gasteiger partial charge < -0.3 is 10.2 Å². The van der Waals surface area contributed by atoms with E-state index in [1.54, 1.807) is 30.6 Å². The molecule has 0 aliphatic carbocycles. The van der Waals surface area contributed by atoms with Crippen LogP contribution in [0.2, 0.25) is 0 Å². The van der Waals surface area contributed by atoms with E-state index in [0.717, 1.165) is 23.9 Å². The summed E-state index contributed by atoms with van der Waals surface area (Å²) in [5.41, 5.74) is 1.21. The van der Waals surface area contributed by atoms with E-state index in [-0.39, 0.29) is 17.4 Å². The monoisotopic (exact) mass is 370 g/mol. The van der Waals surface area contributed by atoms with Crippen LogP contribution >= 0.6 is 11.8 Å². The molecule has 0 bridgehead atoms. The molecule has 7 heteroatoms. The molecule has 1 aromatic carbocycles. The third-order valence-electron chi connectivity index (χ3n) is 4.21. The maximum atomic E-state index is 12.2. The molecular weight excluding hydrogens is 348 g/mol. The Morgan fingerprint density at radius 2 is 1.96 bits per heavy atom. The molecule has 1 fully saturated rings. The highest BCUT2D eigenvalue weighted by Crippen LogP contribution is 2.22. The standard InChI is InChI=1S/C19H22N4O2S/c1-14(24)15-6-5-7-16(10-15)22-18(25)12-26-19-11-17(20-13-21-19)23-8-3-2-4-9-23/h5-7,10-11,13H,2-4,8-9,12H2,1H3,(H,22,25). The lowest BCUT2D eigenvalue weighted by Crippen LogP contribution is -2.30. The number of thioether (sulfide) groups is 1. The number of nitrogens with zero attached hydrogens (tertiary/aromatic N) is 3. The Labute approximate surface area is 157 Å².